The number of benzene rings is 1. The average Bonchev–Trinajstić information content (AvgIpc) is 2.84. The molecule has 1 aliphatic rings. The Hall–Kier alpha value is -1.15. The Balaban J connectivity index is 2.02. The number of nitrogens with zero attached hydrogens (tertiary/aromatic N) is 1. The molecule has 6 nitrogen and oxygen atoms in total. The van der Waals surface area contributed by atoms with E-state index in [1.807, 2.05) is 0 Å². The number of hydrogen-bond donors (Lipinski definition) is 2. The molecular weight excluding hydrogens is 280 g/mol. The molecule has 112 valence electrons. The molecule has 0 amide bonds. The first-order valence-electron chi connectivity index (χ1n) is 6.40. The van der Waals surface area contributed by atoms with Crippen LogP contribution in [0.2, 0.25) is 0 Å². The maximum Gasteiger partial charge on any atom is 0.242 e. The van der Waals surface area contributed by atoms with Crippen LogP contribution in [-0.2, 0) is 14.8 Å². The van der Waals surface area contributed by atoms with Gasteiger partial charge in [0.1, 0.15) is 5.60 Å². The molecule has 1 aromatic carbocycles. The summed E-state index contributed by atoms with van der Waals surface area (Å²) >= 11 is 0. The van der Waals surface area contributed by atoms with Crippen molar-refractivity contribution in [2.45, 2.75) is 16.9 Å². The number of rotatable bonds is 5. The Morgan fingerprint density at radius 2 is 2.00 bits per heavy atom. The molecule has 0 aromatic heterocycles. The molecule has 1 atom stereocenters. The van der Waals surface area contributed by atoms with Crippen LogP contribution in [0.15, 0.2) is 29.2 Å². The molecule has 0 bridgehead atoms. The van der Waals surface area contributed by atoms with Crippen molar-refractivity contribution in [1.29, 1.82) is 0 Å². The van der Waals surface area contributed by atoms with Crippen molar-refractivity contribution in [2.24, 2.45) is 0 Å². The van der Waals surface area contributed by atoms with Gasteiger partial charge in [-0.25, -0.2) is 12.7 Å². The lowest BCUT2D eigenvalue weighted by Gasteiger charge is -2.21. The summed E-state index contributed by atoms with van der Waals surface area (Å²) in [5.41, 5.74) is -0.0722. The van der Waals surface area contributed by atoms with Gasteiger partial charge in [-0.1, -0.05) is 0 Å². The first-order chi connectivity index (χ1) is 9.33. The highest BCUT2D eigenvalue weighted by molar-refractivity contribution is 7.89. The lowest BCUT2D eigenvalue weighted by molar-refractivity contribution is 0.0382. The molecule has 0 saturated carbocycles. The zero-order valence-corrected chi connectivity index (χ0v) is 12.5. The molecule has 1 unspecified atom stereocenters. The number of anilines is 1. The van der Waals surface area contributed by atoms with Gasteiger partial charge < -0.3 is 15.2 Å². The third kappa shape index (κ3) is 3.29. The molecule has 1 aliphatic heterocycles. The maximum atomic E-state index is 11.9. The fraction of sp³-hybridized carbons (Fsp3) is 0.538. The number of nitrogens with one attached hydrogen (secondary N) is 1. The van der Waals surface area contributed by atoms with Gasteiger partial charge in [0.15, 0.2) is 0 Å². The normalized spacial score (nSPS) is 23.2. The summed E-state index contributed by atoms with van der Waals surface area (Å²) in [6.45, 7) is 1.28. The zero-order valence-electron chi connectivity index (χ0n) is 11.7. The summed E-state index contributed by atoms with van der Waals surface area (Å²) in [6.07, 6.45) is 0.604. The van der Waals surface area contributed by atoms with Crippen molar-refractivity contribution in [3.05, 3.63) is 24.3 Å². The summed E-state index contributed by atoms with van der Waals surface area (Å²) in [5.74, 6) is 0. The van der Waals surface area contributed by atoms with E-state index in [2.05, 4.69) is 5.32 Å². The van der Waals surface area contributed by atoms with Crippen LogP contribution in [0.3, 0.4) is 0 Å². The summed E-state index contributed by atoms with van der Waals surface area (Å²) in [5, 5.41) is 13.2. The standard InChI is InChI=1S/C13H20N2O4S/c1-15(2)20(17,18)12-5-3-11(4-6-12)14-9-13(16)7-8-19-10-13/h3-6,14,16H,7-10H2,1-2H3. The van der Waals surface area contributed by atoms with E-state index in [1.165, 1.54) is 18.4 Å². The molecule has 0 radical (unpaired) electrons. The highest BCUT2D eigenvalue weighted by Gasteiger charge is 2.31. The number of sulfonamides is 1. The van der Waals surface area contributed by atoms with Crippen LogP contribution in [0.4, 0.5) is 5.69 Å². The van der Waals surface area contributed by atoms with Gasteiger partial charge in [0, 0.05) is 39.4 Å². The van der Waals surface area contributed by atoms with Gasteiger partial charge in [-0.2, -0.15) is 0 Å². The lowest BCUT2D eigenvalue weighted by Crippen LogP contribution is -2.37. The van der Waals surface area contributed by atoms with Crippen molar-refractivity contribution in [3.63, 3.8) is 0 Å². The van der Waals surface area contributed by atoms with E-state index in [1.54, 1.807) is 24.3 Å². The van der Waals surface area contributed by atoms with Gasteiger partial charge in [0.05, 0.1) is 11.5 Å². The van der Waals surface area contributed by atoms with Crippen molar-refractivity contribution in [1.82, 2.24) is 4.31 Å². The van der Waals surface area contributed by atoms with Crippen LogP contribution in [0.1, 0.15) is 6.42 Å². The van der Waals surface area contributed by atoms with Crippen molar-refractivity contribution < 1.29 is 18.3 Å². The summed E-state index contributed by atoms with van der Waals surface area (Å²) in [4.78, 5) is 0.246. The molecule has 2 rings (SSSR count). The smallest absolute Gasteiger partial charge is 0.242 e. The third-order valence-corrected chi connectivity index (χ3v) is 5.17. The van der Waals surface area contributed by atoms with Gasteiger partial charge in [0.25, 0.3) is 0 Å². The second-order valence-electron chi connectivity index (χ2n) is 5.19. The van der Waals surface area contributed by atoms with E-state index < -0.39 is 15.6 Å². The highest BCUT2D eigenvalue weighted by Crippen LogP contribution is 2.21. The van der Waals surface area contributed by atoms with E-state index in [-0.39, 0.29) is 4.90 Å². The molecule has 1 aromatic rings. The minimum absolute atomic E-state index is 0.246. The van der Waals surface area contributed by atoms with Crippen LogP contribution in [0.25, 0.3) is 0 Å². The largest absolute Gasteiger partial charge is 0.386 e. The number of hydrogen-bond acceptors (Lipinski definition) is 5. The fourth-order valence-corrected chi connectivity index (χ4v) is 2.86. The van der Waals surface area contributed by atoms with Crippen LogP contribution in [0.5, 0.6) is 0 Å². The first-order valence-corrected chi connectivity index (χ1v) is 7.84. The van der Waals surface area contributed by atoms with Gasteiger partial charge >= 0.3 is 0 Å². The Kier molecular flexibility index (Phi) is 4.33. The molecule has 7 heteroatoms. The maximum absolute atomic E-state index is 11.9. The van der Waals surface area contributed by atoms with Gasteiger partial charge in [-0.3, -0.25) is 0 Å². The second kappa shape index (κ2) is 5.69. The molecule has 1 heterocycles. The number of aliphatic hydroxyl groups is 1. The summed E-state index contributed by atoms with van der Waals surface area (Å²) < 4.78 is 30.2. The molecular formula is C13H20N2O4S. The molecule has 2 N–H and O–H groups in total. The van der Waals surface area contributed by atoms with E-state index in [0.717, 1.165) is 5.69 Å². The predicted octanol–water partition coefficient (Wildman–Crippen LogP) is 0.500. The number of ether oxygens (including phenoxy) is 1. The van der Waals surface area contributed by atoms with E-state index >= 15 is 0 Å². The second-order valence-corrected chi connectivity index (χ2v) is 7.34. The zero-order chi connectivity index (χ0) is 14.8. The van der Waals surface area contributed by atoms with E-state index in [4.69, 9.17) is 4.74 Å². The Morgan fingerprint density at radius 1 is 1.35 bits per heavy atom. The van der Waals surface area contributed by atoms with Gasteiger partial charge in [0.2, 0.25) is 10.0 Å². The molecule has 20 heavy (non-hydrogen) atoms. The SMILES string of the molecule is CN(C)S(=O)(=O)c1ccc(NCC2(O)CCOC2)cc1. The first kappa shape index (κ1) is 15.2. The molecule has 1 fully saturated rings. The van der Waals surface area contributed by atoms with Crippen LogP contribution < -0.4 is 5.32 Å². The Bertz CT molecular complexity index is 548. The third-order valence-electron chi connectivity index (χ3n) is 3.34. The van der Waals surface area contributed by atoms with Crippen LogP contribution in [-0.4, -0.2) is 57.3 Å². The van der Waals surface area contributed by atoms with Crippen molar-refractivity contribution in [3.8, 4) is 0 Å². The van der Waals surface area contributed by atoms with Crippen LogP contribution in [0, 0.1) is 0 Å². The lowest BCUT2D eigenvalue weighted by atomic mass is 10.0. The molecule has 1 saturated heterocycles. The van der Waals surface area contributed by atoms with Gasteiger partial charge in [-0.05, 0) is 24.3 Å². The van der Waals surface area contributed by atoms with Gasteiger partial charge in [-0.15, -0.1) is 0 Å². The Labute approximate surface area is 119 Å². The van der Waals surface area contributed by atoms with Crippen molar-refractivity contribution in [2.75, 3.05) is 39.2 Å². The summed E-state index contributed by atoms with van der Waals surface area (Å²) in [6, 6.07) is 6.48. The molecule has 0 aliphatic carbocycles. The minimum atomic E-state index is -3.40. The Morgan fingerprint density at radius 3 is 2.50 bits per heavy atom. The predicted molar refractivity (Wildman–Crippen MR) is 76.2 cm³/mol. The highest BCUT2D eigenvalue weighted by atomic mass is 32.2. The minimum Gasteiger partial charge on any atom is -0.386 e. The van der Waals surface area contributed by atoms with Crippen molar-refractivity contribution >= 4 is 15.7 Å². The fourth-order valence-electron chi connectivity index (χ4n) is 1.96. The topological polar surface area (TPSA) is 78.9 Å². The quantitative estimate of drug-likeness (QED) is 0.828. The van der Waals surface area contributed by atoms with E-state index in [0.29, 0.717) is 26.2 Å². The van der Waals surface area contributed by atoms with Crippen LogP contribution >= 0.6 is 0 Å². The average molecular weight is 300 g/mol. The monoisotopic (exact) mass is 300 g/mol. The van der Waals surface area contributed by atoms with E-state index in [9.17, 15) is 13.5 Å². The summed E-state index contributed by atoms with van der Waals surface area (Å²) in [7, 11) is -0.406. The molecule has 0 spiro atoms.